The van der Waals surface area contributed by atoms with Gasteiger partial charge in [0.2, 0.25) is 0 Å². The molecular weight excluding hydrogens is 304 g/mol. The Balaban J connectivity index is 1.79. The van der Waals surface area contributed by atoms with Gasteiger partial charge in [0.15, 0.2) is 0 Å². The summed E-state index contributed by atoms with van der Waals surface area (Å²) < 4.78 is 1.43. The summed E-state index contributed by atoms with van der Waals surface area (Å²) in [5.41, 5.74) is 0.270. The first kappa shape index (κ1) is 17.1. The van der Waals surface area contributed by atoms with Gasteiger partial charge in [0.1, 0.15) is 5.69 Å². The summed E-state index contributed by atoms with van der Waals surface area (Å²) in [4.78, 5) is 29.3. The lowest BCUT2D eigenvalue weighted by Crippen LogP contribution is -2.47. The average molecular weight is 332 g/mol. The highest BCUT2D eigenvalue weighted by Crippen LogP contribution is 2.29. The molecule has 2 fully saturated rings. The molecule has 2 atom stereocenters. The van der Waals surface area contributed by atoms with Crippen LogP contribution in [0.2, 0.25) is 0 Å². The van der Waals surface area contributed by atoms with Crippen LogP contribution in [0.1, 0.15) is 55.9 Å². The van der Waals surface area contributed by atoms with Crippen LogP contribution in [0.3, 0.4) is 0 Å². The molecule has 0 bridgehead atoms. The highest BCUT2D eigenvalue weighted by atomic mass is 16.2. The van der Waals surface area contributed by atoms with E-state index in [0.717, 1.165) is 45.2 Å². The molecule has 0 aliphatic carbocycles. The molecular formula is C18H28N4O2. The number of carbonyl (C=O) groups is 1. The van der Waals surface area contributed by atoms with Crippen LogP contribution in [-0.2, 0) is 6.54 Å². The molecule has 0 radical (unpaired) electrons. The molecule has 0 saturated carbocycles. The van der Waals surface area contributed by atoms with Crippen molar-refractivity contribution in [3.05, 3.63) is 28.2 Å². The molecule has 2 aliphatic rings. The molecule has 6 heteroatoms. The summed E-state index contributed by atoms with van der Waals surface area (Å²) in [6.07, 6.45) is 6.37. The molecule has 1 aromatic rings. The lowest BCUT2D eigenvalue weighted by Gasteiger charge is -2.33. The molecule has 132 valence electrons. The number of likely N-dealkylation sites (tertiary alicyclic amines) is 2. The fourth-order valence-corrected chi connectivity index (χ4v) is 4.05. The van der Waals surface area contributed by atoms with Crippen LogP contribution < -0.4 is 5.56 Å². The third kappa shape index (κ3) is 3.38. The first-order chi connectivity index (χ1) is 11.6. The van der Waals surface area contributed by atoms with Gasteiger partial charge in [-0.3, -0.25) is 9.59 Å². The Morgan fingerprint density at radius 3 is 2.67 bits per heavy atom. The van der Waals surface area contributed by atoms with Crippen LogP contribution >= 0.6 is 0 Å². The Morgan fingerprint density at radius 1 is 1.21 bits per heavy atom. The summed E-state index contributed by atoms with van der Waals surface area (Å²) in [5, 5.41) is 4.33. The largest absolute Gasteiger partial charge is 0.333 e. The number of carbonyl (C=O) groups excluding carboxylic acids is 1. The van der Waals surface area contributed by atoms with Crippen LogP contribution in [0.15, 0.2) is 16.9 Å². The number of rotatable bonds is 5. The summed E-state index contributed by atoms with van der Waals surface area (Å²) in [6.45, 7) is 4.56. The SMILES string of the molecule is CCCCn1nc(C(=O)N2CCC[C@H]2[C@H]2CCCN2C)ccc1=O. The van der Waals surface area contributed by atoms with Crippen LogP contribution in [-0.4, -0.2) is 57.7 Å². The van der Waals surface area contributed by atoms with E-state index in [4.69, 9.17) is 0 Å². The van der Waals surface area contributed by atoms with E-state index in [0.29, 0.717) is 18.3 Å². The number of unbranched alkanes of at least 4 members (excludes halogenated alkanes) is 1. The summed E-state index contributed by atoms with van der Waals surface area (Å²) in [6, 6.07) is 3.80. The van der Waals surface area contributed by atoms with Gasteiger partial charge in [-0.15, -0.1) is 0 Å². The van der Waals surface area contributed by atoms with E-state index in [1.165, 1.54) is 17.2 Å². The van der Waals surface area contributed by atoms with Gasteiger partial charge in [0.25, 0.3) is 11.5 Å². The number of hydrogen-bond acceptors (Lipinski definition) is 4. The zero-order chi connectivity index (χ0) is 17.1. The van der Waals surface area contributed by atoms with Crippen molar-refractivity contribution in [1.82, 2.24) is 19.6 Å². The molecule has 0 spiro atoms. The molecule has 6 nitrogen and oxygen atoms in total. The number of likely N-dealkylation sites (N-methyl/N-ethyl adjacent to an activating group) is 1. The zero-order valence-corrected chi connectivity index (χ0v) is 14.8. The van der Waals surface area contributed by atoms with E-state index in [-0.39, 0.29) is 17.5 Å². The molecule has 1 aromatic heterocycles. The highest BCUT2D eigenvalue weighted by molar-refractivity contribution is 5.92. The van der Waals surface area contributed by atoms with E-state index in [1.54, 1.807) is 6.07 Å². The van der Waals surface area contributed by atoms with Crippen molar-refractivity contribution < 1.29 is 4.79 Å². The molecule has 1 amide bonds. The van der Waals surface area contributed by atoms with Crippen LogP contribution in [0.25, 0.3) is 0 Å². The quantitative estimate of drug-likeness (QED) is 0.824. The number of aryl methyl sites for hydroxylation is 1. The average Bonchev–Trinajstić information content (AvgIpc) is 3.21. The van der Waals surface area contributed by atoms with Gasteiger partial charge in [-0.25, -0.2) is 4.68 Å². The van der Waals surface area contributed by atoms with Gasteiger partial charge in [-0.2, -0.15) is 5.10 Å². The van der Waals surface area contributed by atoms with E-state index in [9.17, 15) is 9.59 Å². The van der Waals surface area contributed by atoms with Gasteiger partial charge in [-0.1, -0.05) is 13.3 Å². The predicted octanol–water partition coefficient (Wildman–Crippen LogP) is 1.74. The molecule has 3 heterocycles. The Bertz CT molecular complexity index is 642. The van der Waals surface area contributed by atoms with Crippen molar-refractivity contribution >= 4 is 5.91 Å². The number of hydrogen-bond donors (Lipinski definition) is 0. The minimum atomic E-state index is -0.131. The molecule has 3 rings (SSSR count). The molecule has 2 aliphatic heterocycles. The van der Waals surface area contributed by atoms with Crippen molar-refractivity contribution in [2.45, 2.75) is 64.1 Å². The summed E-state index contributed by atoms with van der Waals surface area (Å²) in [5.74, 6) is -0.0250. The second-order valence-corrected chi connectivity index (χ2v) is 7.03. The Morgan fingerprint density at radius 2 is 1.96 bits per heavy atom. The van der Waals surface area contributed by atoms with Crippen molar-refractivity contribution in [1.29, 1.82) is 0 Å². The molecule has 2 saturated heterocycles. The van der Waals surface area contributed by atoms with E-state index >= 15 is 0 Å². The molecule has 0 N–H and O–H groups in total. The third-order valence-corrected chi connectivity index (χ3v) is 5.39. The van der Waals surface area contributed by atoms with E-state index in [1.807, 2.05) is 4.90 Å². The predicted molar refractivity (Wildman–Crippen MR) is 93.1 cm³/mol. The van der Waals surface area contributed by atoms with Crippen molar-refractivity contribution in [2.75, 3.05) is 20.1 Å². The maximum Gasteiger partial charge on any atom is 0.274 e. The second-order valence-electron chi connectivity index (χ2n) is 7.03. The topological polar surface area (TPSA) is 58.4 Å². The Kier molecular flexibility index (Phi) is 5.33. The highest BCUT2D eigenvalue weighted by Gasteiger charge is 2.39. The number of aromatic nitrogens is 2. The first-order valence-corrected chi connectivity index (χ1v) is 9.21. The standard InChI is InChI=1S/C18H28N4O2/c1-3-4-13-22-17(23)10-9-14(19-22)18(24)21-12-6-8-16(21)15-7-5-11-20(15)2/h9-10,15-16H,3-8,11-13H2,1-2H3/t15-,16+/m1/s1. The minimum absolute atomic E-state index is 0.0250. The molecule has 0 aromatic carbocycles. The van der Waals surface area contributed by atoms with Gasteiger partial charge < -0.3 is 9.80 Å². The Labute approximate surface area is 143 Å². The van der Waals surface area contributed by atoms with Crippen molar-refractivity contribution in [3.63, 3.8) is 0 Å². The lowest BCUT2D eigenvalue weighted by atomic mass is 10.0. The summed E-state index contributed by atoms with van der Waals surface area (Å²) >= 11 is 0. The van der Waals surface area contributed by atoms with Gasteiger partial charge >= 0.3 is 0 Å². The van der Waals surface area contributed by atoms with Crippen molar-refractivity contribution in [3.8, 4) is 0 Å². The molecule has 0 unspecified atom stereocenters. The maximum atomic E-state index is 13.0. The van der Waals surface area contributed by atoms with E-state index in [2.05, 4.69) is 24.0 Å². The van der Waals surface area contributed by atoms with Gasteiger partial charge in [-0.05, 0) is 51.8 Å². The Hall–Kier alpha value is -1.69. The number of amides is 1. The maximum absolute atomic E-state index is 13.0. The van der Waals surface area contributed by atoms with Gasteiger partial charge in [0, 0.05) is 31.2 Å². The van der Waals surface area contributed by atoms with Crippen molar-refractivity contribution in [2.24, 2.45) is 0 Å². The number of nitrogens with zero attached hydrogens (tertiary/aromatic N) is 4. The smallest absolute Gasteiger partial charge is 0.274 e. The normalized spacial score (nSPS) is 24.7. The minimum Gasteiger partial charge on any atom is -0.333 e. The summed E-state index contributed by atoms with van der Waals surface area (Å²) in [7, 11) is 2.15. The second kappa shape index (κ2) is 7.47. The fourth-order valence-electron chi connectivity index (χ4n) is 4.05. The van der Waals surface area contributed by atoms with Crippen LogP contribution in [0.4, 0.5) is 0 Å². The lowest BCUT2D eigenvalue weighted by molar-refractivity contribution is 0.0655. The fraction of sp³-hybridized carbons (Fsp3) is 0.722. The van der Waals surface area contributed by atoms with E-state index < -0.39 is 0 Å². The molecule has 24 heavy (non-hydrogen) atoms. The third-order valence-electron chi connectivity index (χ3n) is 5.39. The van der Waals surface area contributed by atoms with Gasteiger partial charge in [0.05, 0.1) is 0 Å². The van der Waals surface area contributed by atoms with Crippen LogP contribution in [0, 0.1) is 0 Å². The zero-order valence-electron chi connectivity index (χ0n) is 14.8. The monoisotopic (exact) mass is 332 g/mol. The van der Waals surface area contributed by atoms with Crippen LogP contribution in [0.5, 0.6) is 0 Å². The first-order valence-electron chi connectivity index (χ1n) is 9.21.